The standard InChI is InChI=1S/C16H19FO3/c1-2-20-16(19)15(18)13-10-12(8-9-14(13)17)11-6-4-3-5-7-11/h8-11H,2-7H2,1H3. The molecule has 0 radical (unpaired) electrons. The van der Waals surface area contributed by atoms with E-state index < -0.39 is 17.6 Å². The van der Waals surface area contributed by atoms with Crippen LogP contribution in [0.1, 0.15) is 60.9 Å². The minimum Gasteiger partial charge on any atom is -0.460 e. The molecule has 1 aliphatic rings. The second-order valence-corrected chi connectivity index (χ2v) is 5.12. The Labute approximate surface area is 118 Å². The van der Waals surface area contributed by atoms with Gasteiger partial charge in [0.25, 0.3) is 5.78 Å². The van der Waals surface area contributed by atoms with Crippen molar-refractivity contribution in [2.24, 2.45) is 0 Å². The zero-order valence-electron chi connectivity index (χ0n) is 11.7. The second-order valence-electron chi connectivity index (χ2n) is 5.12. The van der Waals surface area contributed by atoms with Gasteiger partial charge in [0, 0.05) is 0 Å². The van der Waals surface area contributed by atoms with Gasteiger partial charge < -0.3 is 4.74 Å². The van der Waals surface area contributed by atoms with Crippen LogP contribution in [0.15, 0.2) is 18.2 Å². The number of rotatable bonds is 4. The molecular formula is C16H19FO3. The average Bonchev–Trinajstić information content (AvgIpc) is 2.48. The van der Waals surface area contributed by atoms with Crippen molar-refractivity contribution in [3.63, 3.8) is 0 Å². The molecule has 0 spiro atoms. The topological polar surface area (TPSA) is 43.4 Å². The Morgan fingerprint density at radius 1 is 1.25 bits per heavy atom. The molecule has 0 bridgehead atoms. The van der Waals surface area contributed by atoms with Crippen LogP contribution in [0, 0.1) is 5.82 Å². The molecule has 0 N–H and O–H groups in total. The number of hydrogen-bond acceptors (Lipinski definition) is 3. The molecule has 0 aromatic heterocycles. The van der Waals surface area contributed by atoms with Crippen LogP contribution in [0.25, 0.3) is 0 Å². The number of esters is 1. The van der Waals surface area contributed by atoms with Crippen LogP contribution in [0.5, 0.6) is 0 Å². The first-order chi connectivity index (χ1) is 9.63. The molecule has 0 aliphatic heterocycles. The molecule has 0 unspecified atom stereocenters. The van der Waals surface area contributed by atoms with Crippen molar-refractivity contribution in [2.45, 2.75) is 44.9 Å². The number of carbonyl (C=O) groups excluding carboxylic acids is 2. The minimum atomic E-state index is -0.993. The van der Waals surface area contributed by atoms with Gasteiger partial charge in [-0.15, -0.1) is 0 Å². The van der Waals surface area contributed by atoms with Crippen molar-refractivity contribution in [1.82, 2.24) is 0 Å². The van der Waals surface area contributed by atoms with Gasteiger partial charge in [-0.3, -0.25) is 4.79 Å². The van der Waals surface area contributed by atoms with Gasteiger partial charge in [0.15, 0.2) is 0 Å². The Bertz CT molecular complexity index is 504. The molecule has 2 rings (SSSR count). The first-order valence-corrected chi connectivity index (χ1v) is 7.14. The zero-order valence-corrected chi connectivity index (χ0v) is 11.7. The fourth-order valence-electron chi connectivity index (χ4n) is 2.71. The van der Waals surface area contributed by atoms with E-state index in [1.165, 1.54) is 18.6 Å². The second kappa shape index (κ2) is 6.64. The lowest BCUT2D eigenvalue weighted by Gasteiger charge is -2.22. The molecule has 20 heavy (non-hydrogen) atoms. The zero-order chi connectivity index (χ0) is 14.5. The number of carbonyl (C=O) groups is 2. The molecule has 0 amide bonds. The molecule has 3 nitrogen and oxygen atoms in total. The fraction of sp³-hybridized carbons (Fsp3) is 0.500. The molecule has 1 saturated carbocycles. The van der Waals surface area contributed by atoms with Gasteiger partial charge in [-0.1, -0.05) is 25.3 Å². The van der Waals surface area contributed by atoms with Crippen LogP contribution in [-0.4, -0.2) is 18.4 Å². The summed E-state index contributed by atoms with van der Waals surface area (Å²) in [5, 5.41) is 0. The summed E-state index contributed by atoms with van der Waals surface area (Å²) in [6.07, 6.45) is 5.65. The highest BCUT2D eigenvalue weighted by Crippen LogP contribution is 2.33. The number of ether oxygens (including phenoxy) is 1. The predicted molar refractivity (Wildman–Crippen MR) is 73.2 cm³/mol. The Morgan fingerprint density at radius 2 is 1.95 bits per heavy atom. The van der Waals surface area contributed by atoms with E-state index in [0.29, 0.717) is 5.92 Å². The molecule has 108 valence electrons. The van der Waals surface area contributed by atoms with Gasteiger partial charge >= 0.3 is 5.97 Å². The lowest BCUT2D eigenvalue weighted by Crippen LogP contribution is -2.19. The molecule has 1 aromatic rings. The lowest BCUT2D eigenvalue weighted by atomic mass is 9.83. The van der Waals surface area contributed by atoms with Crippen LogP contribution in [-0.2, 0) is 9.53 Å². The number of hydrogen-bond donors (Lipinski definition) is 0. The Morgan fingerprint density at radius 3 is 2.60 bits per heavy atom. The van der Waals surface area contributed by atoms with E-state index in [4.69, 9.17) is 0 Å². The highest BCUT2D eigenvalue weighted by Gasteiger charge is 2.23. The largest absolute Gasteiger partial charge is 0.460 e. The summed E-state index contributed by atoms with van der Waals surface area (Å²) in [6.45, 7) is 1.72. The molecular weight excluding hydrogens is 259 g/mol. The molecule has 4 heteroatoms. The fourth-order valence-corrected chi connectivity index (χ4v) is 2.71. The van der Waals surface area contributed by atoms with E-state index in [1.54, 1.807) is 13.0 Å². The summed E-state index contributed by atoms with van der Waals surface area (Å²) in [5.41, 5.74) is 0.769. The van der Waals surface area contributed by atoms with Crippen LogP contribution < -0.4 is 0 Å². The molecule has 0 atom stereocenters. The monoisotopic (exact) mass is 278 g/mol. The van der Waals surface area contributed by atoms with Crippen LogP contribution in [0.3, 0.4) is 0 Å². The van der Waals surface area contributed by atoms with Crippen molar-refractivity contribution in [1.29, 1.82) is 0 Å². The Hall–Kier alpha value is -1.71. The first kappa shape index (κ1) is 14.7. The molecule has 1 fully saturated rings. The van der Waals surface area contributed by atoms with Crippen molar-refractivity contribution >= 4 is 11.8 Å². The summed E-state index contributed by atoms with van der Waals surface area (Å²) < 4.78 is 18.4. The molecule has 0 heterocycles. The number of halogens is 1. The molecule has 1 aromatic carbocycles. The smallest absolute Gasteiger partial charge is 0.379 e. The lowest BCUT2D eigenvalue weighted by molar-refractivity contribution is -0.137. The minimum absolute atomic E-state index is 0.106. The molecule has 0 saturated heterocycles. The van der Waals surface area contributed by atoms with E-state index >= 15 is 0 Å². The van der Waals surface area contributed by atoms with Crippen molar-refractivity contribution in [3.8, 4) is 0 Å². The van der Waals surface area contributed by atoms with Crippen LogP contribution in [0.2, 0.25) is 0 Å². The SMILES string of the molecule is CCOC(=O)C(=O)c1cc(C2CCCCC2)ccc1F. The summed E-state index contributed by atoms with van der Waals surface area (Å²) in [7, 11) is 0. The van der Waals surface area contributed by atoms with Crippen LogP contribution in [0.4, 0.5) is 4.39 Å². The van der Waals surface area contributed by atoms with Gasteiger partial charge in [0.2, 0.25) is 0 Å². The van der Waals surface area contributed by atoms with E-state index in [0.717, 1.165) is 31.2 Å². The van der Waals surface area contributed by atoms with Crippen molar-refractivity contribution < 1.29 is 18.7 Å². The highest BCUT2D eigenvalue weighted by atomic mass is 19.1. The number of ketones is 1. The maximum absolute atomic E-state index is 13.8. The third kappa shape index (κ3) is 3.24. The van der Waals surface area contributed by atoms with E-state index in [9.17, 15) is 14.0 Å². The maximum atomic E-state index is 13.8. The van der Waals surface area contributed by atoms with Crippen molar-refractivity contribution in [2.75, 3.05) is 6.61 Å². The Kier molecular flexibility index (Phi) is 4.88. The van der Waals surface area contributed by atoms with Crippen molar-refractivity contribution in [3.05, 3.63) is 35.1 Å². The van der Waals surface area contributed by atoms with Gasteiger partial charge in [0.05, 0.1) is 12.2 Å². The third-order valence-electron chi connectivity index (χ3n) is 3.77. The summed E-state index contributed by atoms with van der Waals surface area (Å²) in [5.74, 6) is -2.20. The Balaban J connectivity index is 2.24. The van der Waals surface area contributed by atoms with E-state index in [-0.39, 0.29) is 12.2 Å². The van der Waals surface area contributed by atoms with E-state index in [2.05, 4.69) is 4.74 Å². The van der Waals surface area contributed by atoms with Crippen LogP contribution >= 0.6 is 0 Å². The quantitative estimate of drug-likeness (QED) is 0.480. The normalized spacial score (nSPS) is 15.9. The van der Waals surface area contributed by atoms with Gasteiger partial charge in [0.1, 0.15) is 5.82 Å². The van der Waals surface area contributed by atoms with E-state index in [1.807, 2.05) is 0 Å². The molecule has 1 aliphatic carbocycles. The average molecular weight is 278 g/mol. The highest BCUT2D eigenvalue weighted by molar-refractivity contribution is 6.40. The maximum Gasteiger partial charge on any atom is 0.379 e. The number of benzene rings is 1. The van der Waals surface area contributed by atoms with Gasteiger partial charge in [-0.2, -0.15) is 0 Å². The predicted octanol–water partition coefficient (Wildman–Crippen LogP) is 3.62. The van der Waals surface area contributed by atoms with Gasteiger partial charge in [-0.25, -0.2) is 9.18 Å². The summed E-state index contributed by atoms with van der Waals surface area (Å²) in [6, 6.07) is 4.51. The third-order valence-corrected chi connectivity index (χ3v) is 3.77. The van der Waals surface area contributed by atoms with Gasteiger partial charge in [-0.05, 0) is 43.4 Å². The number of Topliss-reactive ketones (excluding diaryl/α,β-unsaturated/α-hetero) is 1. The summed E-state index contributed by atoms with van der Waals surface area (Å²) in [4.78, 5) is 23.3. The first-order valence-electron chi connectivity index (χ1n) is 7.14. The summed E-state index contributed by atoms with van der Waals surface area (Å²) >= 11 is 0.